The first-order chi connectivity index (χ1) is 9.65. The fourth-order valence-corrected chi connectivity index (χ4v) is 2.90. The van der Waals surface area contributed by atoms with Gasteiger partial charge in [-0.2, -0.15) is 0 Å². The minimum absolute atomic E-state index is 0.0724. The maximum Gasteiger partial charge on any atom is 0.221 e. The lowest BCUT2D eigenvalue weighted by Crippen LogP contribution is -2.42. The van der Waals surface area contributed by atoms with Gasteiger partial charge in [0.2, 0.25) is 11.8 Å². The zero-order chi connectivity index (χ0) is 14.8. The molecular weight excluding hydrogens is 252 g/mol. The third-order valence-corrected chi connectivity index (χ3v) is 4.10. The van der Waals surface area contributed by atoms with Crippen LogP contribution in [0.15, 0.2) is 0 Å². The highest BCUT2D eigenvalue weighted by Crippen LogP contribution is 2.22. The van der Waals surface area contributed by atoms with Crippen LogP contribution in [0.4, 0.5) is 0 Å². The van der Waals surface area contributed by atoms with E-state index in [9.17, 15) is 9.59 Å². The number of unbranched alkanes of at least 4 members (excludes halogenated alkanes) is 2. The van der Waals surface area contributed by atoms with Crippen molar-refractivity contribution in [3.8, 4) is 0 Å². The fraction of sp³-hybridized carbons (Fsp3) is 0.875. The van der Waals surface area contributed by atoms with Crippen molar-refractivity contribution in [3.63, 3.8) is 0 Å². The Balaban J connectivity index is 2.27. The predicted octanol–water partition coefficient (Wildman–Crippen LogP) is 2.86. The van der Waals surface area contributed by atoms with Crippen molar-refractivity contribution in [2.24, 2.45) is 0 Å². The summed E-state index contributed by atoms with van der Waals surface area (Å²) in [5, 5.41) is 2.94. The average Bonchev–Trinajstić information content (AvgIpc) is 2.44. The molecule has 0 radical (unpaired) electrons. The van der Waals surface area contributed by atoms with E-state index in [2.05, 4.69) is 12.2 Å². The fourth-order valence-electron chi connectivity index (χ4n) is 2.90. The van der Waals surface area contributed by atoms with Crippen molar-refractivity contribution in [2.45, 2.75) is 77.7 Å². The molecular formula is C16H30N2O2. The number of amides is 2. The van der Waals surface area contributed by atoms with Gasteiger partial charge in [-0.05, 0) is 19.3 Å². The van der Waals surface area contributed by atoms with Gasteiger partial charge in [-0.1, -0.05) is 39.0 Å². The molecule has 1 rings (SSSR count). The number of carbonyl (C=O) groups excluding carboxylic acids is 2. The van der Waals surface area contributed by atoms with Crippen LogP contribution >= 0.6 is 0 Å². The van der Waals surface area contributed by atoms with Gasteiger partial charge >= 0.3 is 0 Å². The molecule has 1 aliphatic rings. The van der Waals surface area contributed by atoms with Gasteiger partial charge in [-0.15, -0.1) is 0 Å². The molecule has 20 heavy (non-hydrogen) atoms. The Morgan fingerprint density at radius 2 is 1.85 bits per heavy atom. The second kappa shape index (κ2) is 9.78. The zero-order valence-electron chi connectivity index (χ0n) is 13.1. The highest BCUT2D eigenvalue weighted by Gasteiger charge is 2.23. The maximum absolute atomic E-state index is 11.8. The van der Waals surface area contributed by atoms with E-state index in [1.165, 1.54) is 19.3 Å². The molecule has 0 saturated heterocycles. The second-order valence-corrected chi connectivity index (χ2v) is 5.81. The molecule has 4 nitrogen and oxygen atoms in total. The molecule has 0 aromatic heterocycles. The van der Waals surface area contributed by atoms with Gasteiger partial charge in [0, 0.05) is 32.5 Å². The molecule has 116 valence electrons. The Morgan fingerprint density at radius 1 is 1.15 bits per heavy atom. The van der Waals surface area contributed by atoms with E-state index in [4.69, 9.17) is 0 Å². The summed E-state index contributed by atoms with van der Waals surface area (Å²) in [6.45, 7) is 5.10. The second-order valence-electron chi connectivity index (χ2n) is 5.81. The van der Waals surface area contributed by atoms with Gasteiger partial charge in [0.25, 0.3) is 0 Å². The van der Waals surface area contributed by atoms with E-state index in [0.717, 1.165) is 38.6 Å². The number of nitrogens with zero attached hydrogens (tertiary/aromatic N) is 1. The first-order valence-electron chi connectivity index (χ1n) is 8.19. The molecule has 0 aromatic rings. The number of carbonyl (C=O) groups is 2. The Hall–Kier alpha value is -1.06. The van der Waals surface area contributed by atoms with E-state index >= 15 is 0 Å². The van der Waals surface area contributed by atoms with Crippen molar-refractivity contribution >= 4 is 11.8 Å². The molecule has 1 fully saturated rings. The first kappa shape index (κ1) is 17.0. The van der Waals surface area contributed by atoms with Crippen LogP contribution in [-0.2, 0) is 9.59 Å². The molecule has 1 aliphatic carbocycles. The van der Waals surface area contributed by atoms with E-state index < -0.39 is 0 Å². The molecule has 0 atom stereocenters. The number of hydrogen-bond donors (Lipinski definition) is 1. The Kier molecular flexibility index (Phi) is 8.31. The van der Waals surface area contributed by atoms with Crippen LogP contribution in [-0.4, -0.2) is 35.8 Å². The average molecular weight is 282 g/mol. The molecule has 0 bridgehead atoms. The third-order valence-electron chi connectivity index (χ3n) is 4.10. The van der Waals surface area contributed by atoms with Crippen LogP contribution in [0.25, 0.3) is 0 Å². The lowest BCUT2D eigenvalue weighted by atomic mass is 9.94. The summed E-state index contributed by atoms with van der Waals surface area (Å²) in [7, 11) is 0. The SMILES string of the molecule is CCCCCNC(=O)CCN(C(C)=O)C1CCCCC1. The first-order valence-corrected chi connectivity index (χ1v) is 8.19. The minimum atomic E-state index is 0.0724. The molecule has 0 spiro atoms. The molecule has 1 N–H and O–H groups in total. The smallest absolute Gasteiger partial charge is 0.221 e. The predicted molar refractivity (Wildman–Crippen MR) is 81.4 cm³/mol. The van der Waals surface area contributed by atoms with Crippen LogP contribution in [0.2, 0.25) is 0 Å². The van der Waals surface area contributed by atoms with Gasteiger partial charge in [0.05, 0.1) is 0 Å². The van der Waals surface area contributed by atoms with Crippen molar-refractivity contribution in [1.82, 2.24) is 10.2 Å². The van der Waals surface area contributed by atoms with E-state index in [-0.39, 0.29) is 11.8 Å². The van der Waals surface area contributed by atoms with Crippen molar-refractivity contribution in [3.05, 3.63) is 0 Å². The van der Waals surface area contributed by atoms with Crippen LogP contribution in [0.5, 0.6) is 0 Å². The standard InChI is InChI=1S/C16H30N2O2/c1-3-4-8-12-17-16(20)11-13-18(14(2)19)15-9-6-5-7-10-15/h15H,3-13H2,1-2H3,(H,17,20). The van der Waals surface area contributed by atoms with E-state index in [1.54, 1.807) is 6.92 Å². The van der Waals surface area contributed by atoms with Crippen molar-refractivity contribution in [2.75, 3.05) is 13.1 Å². The Labute approximate surface area is 123 Å². The Morgan fingerprint density at radius 3 is 2.45 bits per heavy atom. The monoisotopic (exact) mass is 282 g/mol. The Bertz CT molecular complexity index is 299. The van der Waals surface area contributed by atoms with Gasteiger partial charge < -0.3 is 10.2 Å². The normalized spacial score (nSPS) is 15.9. The van der Waals surface area contributed by atoms with Crippen LogP contribution in [0.1, 0.15) is 71.6 Å². The number of rotatable bonds is 8. The summed E-state index contributed by atoms with van der Waals surface area (Å²) in [5.74, 6) is 0.179. The highest BCUT2D eigenvalue weighted by atomic mass is 16.2. The summed E-state index contributed by atoms with van der Waals surface area (Å²) < 4.78 is 0. The molecule has 1 saturated carbocycles. The van der Waals surface area contributed by atoms with Gasteiger partial charge in [-0.25, -0.2) is 0 Å². The quantitative estimate of drug-likeness (QED) is 0.696. The zero-order valence-corrected chi connectivity index (χ0v) is 13.1. The minimum Gasteiger partial charge on any atom is -0.356 e. The number of nitrogens with one attached hydrogen (secondary N) is 1. The van der Waals surface area contributed by atoms with Gasteiger partial charge in [-0.3, -0.25) is 9.59 Å². The molecule has 0 unspecified atom stereocenters. The van der Waals surface area contributed by atoms with Crippen LogP contribution < -0.4 is 5.32 Å². The lowest BCUT2D eigenvalue weighted by molar-refractivity contribution is -0.132. The molecule has 4 heteroatoms. The largest absolute Gasteiger partial charge is 0.356 e. The molecule has 2 amide bonds. The maximum atomic E-state index is 11.8. The molecule has 0 heterocycles. The van der Waals surface area contributed by atoms with Crippen LogP contribution in [0, 0.1) is 0 Å². The van der Waals surface area contributed by atoms with Crippen LogP contribution in [0.3, 0.4) is 0 Å². The van der Waals surface area contributed by atoms with E-state index in [0.29, 0.717) is 19.0 Å². The van der Waals surface area contributed by atoms with Gasteiger partial charge in [0.1, 0.15) is 0 Å². The number of hydrogen-bond acceptors (Lipinski definition) is 2. The lowest BCUT2D eigenvalue weighted by Gasteiger charge is -2.33. The summed E-state index contributed by atoms with van der Waals surface area (Å²) >= 11 is 0. The van der Waals surface area contributed by atoms with Crippen molar-refractivity contribution < 1.29 is 9.59 Å². The summed E-state index contributed by atoms with van der Waals surface area (Å²) in [6, 6.07) is 0.356. The summed E-state index contributed by atoms with van der Waals surface area (Å²) in [6.07, 6.45) is 9.67. The van der Waals surface area contributed by atoms with E-state index in [1.807, 2.05) is 4.90 Å². The summed E-state index contributed by atoms with van der Waals surface area (Å²) in [5.41, 5.74) is 0. The topological polar surface area (TPSA) is 49.4 Å². The highest BCUT2D eigenvalue weighted by molar-refractivity contribution is 5.78. The van der Waals surface area contributed by atoms with Gasteiger partial charge in [0.15, 0.2) is 0 Å². The molecule has 0 aromatic carbocycles. The summed E-state index contributed by atoms with van der Waals surface area (Å²) in [4.78, 5) is 25.4. The molecule has 0 aliphatic heterocycles. The van der Waals surface area contributed by atoms with Crippen molar-refractivity contribution in [1.29, 1.82) is 0 Å². The third kappa shape index (κ3) is 6.40.